The third kappa shape index (κ3) is 5.30. The van der Waals surface area contributed by atoms with Crippen molar-refractivity contribution >= 4 is 11.7 Å². The fourth-order valence-electron chi connectivity index (χ4n) is 2.12. The van der Waals surface area contributed by atoms with Gasteiger partial charge >= 0.3 is 17.8 Å². The number of rotatable bonds is 7. The Balaban J connectivity index is 2.37. The molecule has 1 atom stereocenters. The largest absolute Gasteiger partial charge is 0.472 e. The molecule has 0 aliphatic heterocycles. The summed E-state index contributed by atoms with van der Waals surface area (Å²) in [5.41, 5.74) is -2.12. The van der Waals surface area contributed by atoms with Gasteiger partial charge in [0, 0.05) is 6.20 Å². The van der Waals surface area contributed by atoms with Crippen LogP contribution in [0, 0.1) is 15.9 Å². The van der Waals surface area contributed by atoms with E-state index in [2.05, 4.69) is 4.98 Å². The summed E-state index contributed by atoms with van der Waals surface area (Å²) in [6, 6.07) is 3.63. The van der Waals surface area contributed by atoms with Gasteiger partial charge in [0.05, 0.1) is 17.1 Å². The number of hydrogen-bond acceptors (Lipinski definition) is 7. The minimum atomic E-state index is -4.82. The van der Waals surface area contributed by atoms with Gasteiger partial charge in [0.1, 0.15) is 0 Å². The normalized spacial score (nSPS) is 12.2. The lowest BCUT2D eigenvalue weighted by atomic mass is 10.2. The van der Waals surface area contributed by atoms with E-state index in [-0.39, 0.29) is 18.4 Å². The Labute approximate surface area is 161 Å². The van der Waals surface area contributed by atoms with E-state index in [9.17, 15) is 32.5 Å². The maximum absolute atomic E-state index is 14.0. The molecule has 0 radical (unpaired) electrons. The molecule has 2 aromatic rings. The Bertz CT molecular complexity index is 919. The van der Waals surface area contributed by atoms with Crippen molar-refractivity contribution in [1.82, 2.24) is 4.98 Å². The first kappa shape index (κ1) is 21.9. The number of nitro benzene ring substituents is 1. The average molecular weight is 418 g/mol. The number of ether oxygens (including phenoxy) is 3. The number of carbonyl (C=O) groups excluding carboxylic acids is 1. The molecule has 1 unspecified atom stereocenters. The van der Waals surface area contributed by atoms with Crippen LogP contribution in [-0.4, -0.2) is 28.6 Å². The van der Waals surface area contributed by atoms with Crippen molar-refractivity contribution in [3.8, 4) is 17.4 Å². The topological polar surface area (TPSA) is 101 Å². The molecular weight excluding hydrogens is 404 g/mol. The maximum atomic E-state index is 14.0. The lowest BCUT2D eigenvalue weighted by Crippen LogP contribution is -2.26. The molecule has 0 fully saturated rings. The fraction of sp³-hybridized carbons (Fsp3) is 0.294. The number of benzene rings is 1. The van der Waals surface area contributed by atoms with E-state index >= 15 is 0 Å². The van der Waals surface area contributed by atoms with Gasteiger partial charge in [-0.1, -0.05) is 6.07 Å². The maximum Gasteiger partial charge on any atom is 0.417 e. The zero-order valence-corrected chi connectivity index (χ0v) is 15.0. The summed E-state index contributed by atoms with van der Waals surface area (Å²) in [5, 5.41) is 11.4. The highest BCUT2D eigenvalue weighted by molar-refractivity contribution is 5.75. The summed E-state index contributed by atoms with van der Waals surface area (Å²) in [4.78, 5) is 25.4. The second-order valence-corrected chi connectivity index (χ2v) is 5.48. The van der Waals surface area contributed by atoms with Gasteiger partial charge in [0.25, 0.3) is 5.88 Å². The van der Waals surface area contributed by atoms with Gasteiger partial charge in [-0.05, 0) is 32.0 Å². The van der Waals surface area contributed by atoms with Crippen LogP contribution in [0.2, 0.25) is 0 Å². The minimum absolute atomic E-state index is 0.0661. The number of alkyl halides is 3. The van der Waals surface area contributed by atoms with Gasteiger partial charge in [0.2, 0.25) is 11.5 Å². The number of pyridine rings is 1. The quantitative estimate of drug-likeness (QED) is 0.286. The molecule has 1 heterocycles. The zero-order chi connectivity index (χ0) is 21.8. The number of carbonyl (C=O) groups is 1. The first-order valence-corrected chi connectivity index (χ1v) is 8.05. The van der Waals surface area contributed by atoms with E-state index in [1.807, 2.05) is 0 Å². The molecule has 0 bridgehead atoms. The lowest BCUT2D eigenvalue weighted by Gasteiger charge is -2.15. The molecule has 0 saturated heterocycles. The van der Waals surface area contributed by atoms with Crippen LogP contribution in [0.1, 0.15) is 19.4 Å². The van der Waals surface area contributed by atoms with E-state index in [4.69, 9.17) is 14.2 Å². The summed E-state index contributed by atoms with van der Waals surface area (Å²) in [6.45, 7) is 2.93. The smallest absolute Gasteiger partial charge is 0.417 e. The third-order valence-electron chi connectivity index (χ3n) is 3.41. The van der Waals surface area contributed by atoms with E-state index in [1.165, 1.54) is 13.0 Å². The molecule has 29 heavy (non-hydrogen) atoms. The number of nitro groups is 1. The van der Waals surface area contributed by atoms with E-state index in [0.29, 0.717) is 6.20 Å². The number of nitrogens with zero attached hydrogens (tertiary/aromatic N) is 2. The molecule has 0 aliphatic carbocycles. The molecule has 1 aromatic heterocycles. The number of para-hydroxylation sites is 1. The molecular formula is C17H14F4N2O6. The Kier molecular flexibility index (Phi) is 6.56. The van der Waals surface area contributed by atoms with Crippen LogP contribution in [0.25, 0.3) is 0 Å². The predicted molar refractivity (Wildman–Crippen MR) is 89.1 cm³/mol. The summed E-state index contributed by atoms with van der Waals surface area (Å²) in [7, 11) is 0. The van der Waals surface area contributed by atoms with Gasteiger partial charge in [-0.15, -0.1) is 0 Å². The Morgan fingerprint density at radius 2 is 1.97 bits per heavy atom. The fourth-order valence-corrected chi connectivity index (χ4v) is 2.12. The third-order valence-corrected chi connectivity index (χ3v) is 3.41. The summed E-state index contributed by atoms with van der Waals surface area (Å²) in [5.74, 6) is -4.09. The van der Waals surface area contributed by atoms with Crippen LogP contribution < -0.4 is 9.47 Å². The van der Waals surface area contributed by atoms with Crippen LogP contribution >= 0.6 is 0 Å². The van der Waals surface area contributed by atoms with Gasteiger partial charge in [0.15, 0.2) is 11.9 Å². The highest BCUT2D eigenvalue weighted by Gasteiger charge is 2.33. The van der Waals surface area contributed by atoms with Crippen molar-refractivity contribution in [3.63, 3.8) is 0 Å². The summed E-state index contributed by atoms with van der Waals surface area (Å²) in [6.07, 6.45) is -5.70. The van der Waals surface area contributed by atoms with Crippen molar-refractivity contribution in [3.05, 3.63) is 52.0 Å². The van der Waals surface area contributed by atoms with Crippen molar-refractivity contribution in [1.29, 1.82) is 0 Å². The van der Waals surface area contributed by atoms with Crippen LogP contribution in [0.15, 0.2) is 30.5 Å². The van der Waals surface area contributed by atoms with Crippen LogP contribution in [-0.2, 0) is 15.7 Å². The Hall–Kier alpha value is -3.44. The van der Waals surface area contributed by atoms with Gasteiger partial charge in [-0.25, -0.2) is 14.2 Å². The number of esters is 1. The van der Waals surface area contributed by atoms with Gasteiger partial charge in [-0.2, -0.15) is 13.2 Å². The predicted octanol–water partition coefficient (Wildman–Crippen LogP) is 4.27. The molecule has 1 aromatic carbocycles. The molecule has 0 spiro atoms. The second-order valence-electron chi connectivity index (χ2n) is 5.48. The molecule has 8 nitrogen and oxygen atoms in total. The average Bonchev–Trinajstić information content (AvgIpc) is 2.62. The van der Waals surface area contributed by atoms with Crippen LogP contribution in [0.3, 0.4) is 0 Å². The Morgan fingerprint density at radius 1 is 1.31 bits per heavy atom. The van der Waals surface area contributed by atoms with Crippen molar-refractivity contribution in [2.24, 2.45) is 0 Å². The molecule has 0 amide bonds. The molecule has 0 saturated carbocycles. The van der Waals surface area contributed by atoms with Gasteiger partial charge in [-0.3, -0.25) is 10.1 Å². The van der Waals surface area contributed by atoms with Gasteiger partial charge < -0.3 is 14.2 Å². The standard InChI is InChI=1S/C17H14F4N2O6/c1-3-27-16(24)9(2)28-12-5-4-6-13(14(12)23(25)26)29-15-11(18)7-10(8-22-15)17(19,20)21/h4-9H,3H2,1-2H3. The second kappa shape index (κ2) is 8.71. The SMILES string of the molecule is CCOC(=O)C(C)Oc1cccc(Oc2ncc(C(F)(F)F)cc2F)c1[N+](=O)[O-]. The monoisotopic (exact) mass is 418 g/mol. The number of hydrogen-bond donors (Lipinski definition) is 0. The summed E-state index contributed by atoms with van der Waals surface area (Å²) < 4.78 is 66.7. The molecule has 0 aliphatic rings. The van der Waals surface area contributed by atoms with E-state index in [0.717, 1.165) is 12.1 Å². The Morgan fingerprint density at radius 3 is 2.52 bits per heavy atom. The molecule has 156 valence electrons. The lowest BCUT2D eigenvalue weighted by molar-refractivity contribution is -0.386. The van der Waals surface area contributed by atoms with Crippen LogP contribution in [0.4, 0.5) is 23.2 Å². The highest BCUT2D eigenvalue weighted by Crippen LogP contribution is 2.40. The van der Waals surface area contributed by atoms with Crippen molar-refractivity contribution in [2.75, 3.05) is 6.61 Å². The minimum Gasteiger partial charge on any atom is -0.472 e. The van der Waals surface area contributed by atoms with Crippen LogP contribution in [0.5, 0.6) is 17.4 Å². The van der Waals surface area contributed by atoms with Crippen molar-refractivity contribution < 1.29 is 41.5 Å². The highest BCUT2D eigenvalue weighted by atomic mass is 19.4. The first-order chi connectivity index (χ1) is 13.5. The molecule has 2 rings (SSSR count). The molecule has 12 heteroatoms. The van der Waals surface area contributed by atoms with Crippen molar-refractivity contribution in [2.45, 2.75) is 26.1 Å². The molecule has 0 N–H and O–H groups in total. The summed E-state index contributed by atoms with van der Waals surface area (Å²) >= 11 is 0. The zero-order valence-electron chi connectivity index (χ0n) is 15.0. The van der Waals surface area contributed by atoms with E-state index < -0.39 is 51.9 Å². The first-order valence-electron chi connectivity index (χ1n) is 8.05. The number of aromatic nitrogens is 1. The number of halogens is 4. The van der Waals surface area contributed by atoms with E-state index in [1.54, 1.807) is 6.92 Å².